The maximum Gasteiger partial charge on any atom is 0.241 e. The second kappa shape index (κ2) is 11.4. The number of rotatable bonds is 5. The molecular formula is C19H31Cl2N3OS. The highest BCUT2D eigenvalue weighted by Crippen LogP contribution is 2.35. The first kappa shape index (κ1) is 23.6. The molecule has 0 bridgehead atoms. The Kier molecular flexibility index (Phi) is 10.3. The lowest BCUT2D eigenvalue weighted by Crippen LogP contribution is -2.59. The summed E-state index contributed by atoms with van der Waals surface area (Å²) in [6.45, 7) is 3.02. The van der Waals surface area contributed by atoms with E-state index in [-0.39, 0.29) is 36.3 Å². The summed E-state index contributed by atoms with van der Waals surface area (Å²) in [6.07, 6.45) is 6.24. The molecule has 0 spiro atoms. The third kappa shape index (κ3) is 5.77. The lowest BCUT2D eigenvalue weighted by Gasteiger charge is -2.48. The zero-order valence-electron chi connectivity index (χ0n) is 15.2. The molecule has 1 unspecified atom stereocenters. The number of nitrogens with zero attached hydrogens (tertiary/aromatic N) is 1. The number of amides is 1. The van der Waals surface area contributed by atoms with Crippen molar-refractivity contribution in [2.24, 2.45) is 5.73 Å². The largest absolute Gasteiger partial charge is 0.353 e. The van der Waals surface area contributed by atoms with Gasteiger partial charge in [-0.25, -0.2) is 0 Å². The van der Waals surface area contributed by atoms with Crippen molar-refractivity contribution >= 4 is 42.5 Å². The SMILES string of the molecule is Cl.Cl.NC(C(=O)NCC1(N2CCSCC2)CCCCC1)c1ccccc1. The number of benzene rings is 1. The van der Waals surface area contributed by atoms with Crippen LogP contribution in [-0.2, 0) is 4.79 Å². The van der Waals surface area contributed by atoms with E-state index in [0.717, 1.165) is 25.2 Å². The van der Waals surface area contributed by atoms with Gasteiger partial charge in [0.05, 0.1) is 0 Å². The lowest BCUT2D eigenvalue weighted by molar-refractivity contribution is -0.123. The van der Waals surface area contributed by atoms with Crippen LogP contribution >= 0.6 is 36.6 Å². The number of hydrogen-bond acceptors (Lipinski definition) is 4. The summed E-state index contributed by atoms with van der Waals surface area (Å²) in [5.41, 5.74) is 7.17. The number of nitrogens with two attached hydrogens (primary N) is 1. The Balaban J connectivity index is 0.00000169. The molecule has 2 fully saturated rings. The van der Waals surface area contributed by atoms with Gasteiger partial charge in [-0.05, 0) is 18.4 Å². The number of thioether (sulfide) groups is 1. The minimum atomic E-state index is -0.580. The third-order valence-electron chi connectivity index (χ3n) is 5.50. The molecule has 7 heteroatoms. The van der Waals surface area contributed by atoms with E-state index in [1.165, 1.54) is 43.6 Å². The molecule has 1 aromatic rings. The fourth-order valence-corrected chi connectivity index (χ4v) is 4.93. The van der Waals surface area contributed by atoms with Crippen molar-refractivity contribution in [3.8, 4) is 0 Å². The second-order valence-corrected chi connectivity index (χ2v) is 8.22. The van der Waals surface area contributed by atoms with E-state index in [4.69, 9.17) is 5.73 Å². The van der Waals surface area contributed by atoms with Crippen molar-refractivity contribution in [2.45, 2.75) is 43.7 Å². The van der Waals surface area contributed by atoms with E-state index < -0.39 is 6.04 Å². The molecule has 1 atom stereocenters. The van der Waals surface area contributed by atoms with Crippen LogP contribution in [0.3, 0.4) is 0 Å². The van der Waals surface area contributed by atoms with Crippen molar-refractivity contribution in [3.63, 3.8) is 0 Å². The quantitative estimate of drug-likeness (QED) is 0.767. The summed E-state index contributed by atoms with van der Waals surface area (Å²) in [7, 11) is 0. The molecule has 1 heterocycles. The average molecular weight is 420 g/mol. The van der Waals surface area contributed by atoms with Crippen LogP contribution in [0.2, 0.25) is 0 Å². The first-order chi connectivity index (χ1) is 11.7. The molecule has 3 rings (SSSR count). The molecule has 26 heavy (non-hydrogen) atoms. The monoisotopic (exact) mass is 419 g/mol. The number of halogens is 2. The Morgan fingerprint density at radius 2 is 1.73 bits per heavy atom. The Morgan fingerprint density at radius 3 is 2.35 bits per heavy atom. The van der Waals surface area contributed by atoms with Crippen LogP contribution in [0.15, 0.2) is 30.3 Å². The van der Waals surface area contributed by atoms with Crippen LogP contribution in [0.4, 0.5) is 0 Å². The highest BCUT2D eigenvalue weighted by Gasteiger charge is 2.38. The van der Waals surface area contributed by atoms with Gasteiger partial charge < -0.3 is 11.1 Å². The van der Waals surface area contributed by atoms with Crippen LogP contribution in [0.25, 0.3) is 0 Å². The summed E-state index contributed by atoms with van der Waals surface area (Å²) in [5, 5.41) is 3.18. The van der Waals surface area contributed by atoms with Crippen molar-refractivity contribution in [1.29, 1.82) is 0 Å². The van der Waals surface area contributed by atoms with Crippen molar-refractivity contribution in [3.05, 3.63) is 35.9 Å². The van der Waals surface area contributed by atoms with Gasteiger partial charge in [0.25, 0.3) is 0 Å². The summed E-state index contributed by atoms with van der Waals surface area (Å²) in [4.78, 5) is 15.2. The van der Waals surface area contributed by atoms with Crippen molar-refractivity contribution in [1.82, 2.24) is 10.2 Å². The fourth-order valence-electron chi connectivity index (χ4n) is 4.03. The zero-order chi connectivity index (χ0) is 16.8. The van der Waals surface area contributed by atoms with Gasteiger partial charge in [-0.15, -0.1) is 24.8 Å². The van der Waals surface area contributed by atoms with Crippen LogP contribution < -0.4 is 11.1 Å². The van der Waals surface area contributed by atoms with Gasteiger partial charge in [-0.1, -0.05) is 49.6 Å². The predicted molar refractivity (Wildman–Crippen MR) is 116 cm³/mol. The third-order valence-corrected chi connectivity index (χ3v) is 6.44. The highest BCUT2D eigenvalue weighted by atomic mass is 35.5. The fraction of sp³-hybridized carbons (Fsp3) is 0.632. The molecule has 4 nitrogen and oxygen atoms in total. The molecule has 148 valence electrons. The predicted octanol–water partition coefficient (Wildman–Crippen LogP) is 3.40. The van der Waals surface area contributed by atoms with E-state index in [9.17, 15) is 4.79 Å². The van der Waals surface area contributed by atoms with Gasteiger partial charge in [-0.2, -0.15) is 11.8 Å². The number of hydrogen-bond donors (Lipinski definition) is 2. The summed E-state index contributed by atoms with van der Waals surface area (Å²) >= 11 is 2.04. The maximum atomic E-state index is 12.6. The first-order valence-electron chi connectivity index (χ1n) is 9.12. The van der Waals surface area contributed by atoms with Crippen LogP contribution in [0.1, 0.15) is 43.7 Å². The normalized spacial score (nSPS) is 21.0. The molecule has 1 saturated carbocycles. The average Bonchev–Trinajstić information content (AvgIpc) is 2.67. The van der Waals surface area contributed by atoms with E-state index in [1.807, 2.05) is 42.1 Å². The Hall–Kier alpha value is -0.460. The summed E-state index contributed by atoms with van der Waals surface area (Å²) in [5.74, 6) is 2.36. The topological polar surface area (TPSA) is 58.4 Å². The van der Waals surface area contributed by atoms with Crippen LogP contribution in [-0.4, -0.2) is 47.5 Å². The minimum absolute atomic E-state index is 0. The first-order valence-corrected chi connectivity index (χ1v) is 10.3. The molecule has 1 aromatic carbocycles. The summed E-state index contributed by atoms with van der Waals surface area (Å²) in [6, 6.07) is 9.06. The standard InChI is InChI=1S/C19H29N3OS.2ClH/c20-17(16-7-3-1-4-8-16)18(23)21-15-19(9-5-2-6-10-19)22-11-13-24-14-12-22;;/h1,3-4,7-8,17H,2,5-6,9-15,20H2,(H,21,23);2*1H. The van der Waals surface area contributed by atoms with Gasteiger partial charge >= 0.3 is 0 Å². The number of nitrogens with one attached hydrogen (secondary N) is 1. The Labute approximate surface area is 173 Å². The molecule has 2 aliphatic rings. The molecule has 1 saturated heterocycles. The van der Waals surface area contributed by atoms with Crippen LogP contribution in [0.5, 0.6) is 0 Å². The molecular weight excluding hydrogens is 389 g/mol. The lowest BCUT2D eigenvalue weighted by atomic mass is 9.80. The number of carbonyl (C=O) groups is 1. The molecule has 0 aromatic heterocycles. The molecule has 0 radical (unpaired) electrons. The zero-order valence-corrected chi connectivity index (χ0v) is 17.6. The minimum Gasteiger partial charge on any atom is -0.353 e. The second-order valence-electron chi connectivity index (χ2n) is 6.99. The Bertz CT molecular complexity index is 535. The van der Waals surface area contributed by atoms with Gasteiger partial charge in [0, 0.05) is 36.7 Å². The van der Waals surface area contributed by atoms with E-state index in [1.54, 1.807) is 0 Å². The Morgan fingerprint density at radius 1 is 1.12 bits per heavy atom. The van der Waals surface area contributed by atoms with Gasteiger partial charge in [0.15, 0.2) is 0 Å². The highest BCUT2D eigenvalue weighted by molar-refractivity contribution is 7.99. The van der Waals surface area contributed by atoms with Crippen molar-refractivity contribution in [2.75, 3.05) is 31.1 Å². The van der Waals surface area contributed by atoms with E-state index >= 15 is 0 Å². The van der Waals surface area contributed by atoms with Gasteiger partial charge in [-0.3, -0.25) is 9.69 Å². The van der Waals surface area contributed by atoms with Gasteiger partial charge in [0.1, 0.15) is 6.04 Å². The van der Waals surface area contributed by atoms with E-state index in [2.05, 4.69) is 10.2 Å². The summed E-state index contributed by atoms with van der Waals surface area (Å²) < 4.78 is 0. The number of carbonyl (C=O) groups excluding carboxylic acids is 1. The van der Waals surface area contributed by atoms with Crippen LogP contribution in [0, 0.1) is 0 Å². The van der Waals surface area contributed by atoms with Crippen molar-refractivity contribution < 1.29 is 4.79 Å². The maximum absolute atomic E-state index is 12.6. The molecule has 1 aliphatic carbocycles. The molecule has 1 amide bonds. The molecule has 1 aliphatic heterocycles. The van der Waals surface area contributed by atoms with E-state index in [0.29, 0.717) is 0 Å². The smallest absolute Gasteiger partial charge is 0.241 e. The molecule has 3 N–H and O–H groups in total. The van der Waals surface area contributed by atoms with Gasteiger partial charge in [0.2, 0.25) is 5.91 Å².